The summed E-state index contributed by atoms with van der Waals surface area (Å²) < 4.78 is 0. The molecule has 0 saturated heterocycles. The Morgan fingerprint density at radius 1 is 1.29 bits per heavy atom. The van der Waals surface area contributed by atoms with Gasteiger partial charge >= 0.3 is 0 Å². The van der Waals surface area contributed by atoms with Crippen molar-refractivity contribution in [3.8, 4) is 0 Å². The van der Waals surface area contributed by atoms with E-state index in [-0.39, 0.29) is 5.91 Å². The highest BCUT2D eigenvalue weighted by Crippen LogP contribution is 2.18. The lowest BCUT2D eigenvalue weighted by molar-refractivity contribution is -0.121. The number of aliphatic hydroxyl groups is 1. The zero-order valence-corrected chi connectivity index (χ0v) is 14.6. The molecular formula is C19H24N2O2S. The van der Waals surface area contributed by atoms with Crippen LogP contribution in [0.3, 0.4) is 0 Å². The lowest BCUT2D eigenvalue weighted by Crippen LogP contribution is -2.42. The van der Waals surface area contributed by atoms with E-state index in [1.165, 1.54) is 16.7 Å². The molecule has 0 aliphatic carbocycles. The SMILES string of the molecule is O=C(CCc1ccsc1)NC[C@@H](O)CN1CCc2ccccc2C1. The summed E-state index contributed by atoms with van der Waals surface area (Å²) in [7, 11) is 0. The number of nitrogens with zero attached hydrogens (tertiary/aromatic N) is 1. The molecular weight excluding hydrogens is 320 g/mol. The van der Waals surface area contributed by atoms with Crippen LogP contribution in [0, 0.1) is 0 Å². The molecule has 1 atom stereocenters. The molecule has 2 N–H and O–H groups in total. The van der Waals surface area contributed by atoms with Gasteiger partial charge in [0.2, 0.25) is 5.91 Å². The number of fused-ring (bicyclic) bond motifs is 1. The van der Waals surface area contributed by atoms with E-state index < -0.39 is 6.10 Å². The van der Waals surface area contributed by atoms with Gasteiger partial charge in [-0.15, -0.1) is 0 Å². The quantitative estimate of drug-likeness (QED) is 0.810. The molecule has 5 heteroatoms. The van der Waals surface area contributed by atoms with Gasteiger partial charge < -0.3 is 10.4 Å². The molecule has 1 aliphatic rings. The second kappa shape index (κ2) is 8.42. The first-order valence-corrected chi connectivity index (χ1v) is 9.40. The van der Waals surface area contributed by atoms with Crippen molar-refractivity contribution in [3.63, 3.8) is 0 Å². The zero-order chi connectivity index (χ0) is 16.8. The first-order chi connectivity index (χ1) is 11.7. The van der Waals surface area contributed by atoms with Crippen molar-refractivity contribution < 1.29 is 9.90 Å². The zero-order valence-electron chi connectivity index (χ0n) is 13.8. The van der Waals surface area contributed by atoms with Gasteiger partial charge in [-0.1, -0.05) is 24.3 Å². The third-order valence-electron chi connectivity index (χ3n) is 4.43. The summed E-state index contributed by atoms with van der Waals surface area (Å²) in [6.07, 6.45) is 1.73. The van der Waals surface area contributed by atoms with Gasteiger partial charge in [-0.05, 0) is 46.4 Å². The van der Waals surface area contributed by atoms with Gasteiger partial charge in [0.15, 0.2) is 0 Å². The Bertz CT molecular complexity index is 657. The van der Waals surface area contributed by atoms with Crippen LogP contribution in [0.5, 0.6) is 0 Å². The number of hydrogen-bond donors (Lipinski definition) is 2. The number of benzene rings is 1. The average molecular weight is 344 g/mol. The van der Waals surface area contributed by atoms with Gasteiger partial charge in [0, 0.05) is 32.6 Å². The fourth-order valence-electron chi connectivity index (χ4n) is 3.09. The lowest BCUT2D eigenvalue weighted by Gasteiger charge is -2.30. The monoisotopic (exact) mass is 344 g/mol. The van der Waals surface area contributed by atoms with E-state index in [2.05, 4.69) is 39.9 Å². The van der Waals surface area contributed by atoms with Crippen molar-refractivity contribution in [3.05, 3.63) is 57.8 Å². The Hall–Kier alpha value is -1.69. The van der Waals surface area contributed by atoms with Crippen molar-refractivity contribution in [1.82, 2.24) is 10.2 Å². The van der Waals surface area contributed by atoms with Crippen LogP contribution < -0.4 is 5.32 Å². The number of β-amino-alcohol motifs (C(OH)–C–C–N with tert-alkyl or cyclic N) is 1. The van der Waals surface area contributed by atoms with Gasteiger partial charge in [-0.2, -0.15) is 11.3 Å². The van der Waals surface area contributed by atoms with Crippen LogP contribution in [0.15, 0.2) is 41.1 Å². The van der Waals surface area contributed by atoms with Gasteiger partial charge in [0.25, 0.3) is 0 Å². The van der Waals surface area contributed by atoms with Crippen molar-refractivity contribution in [1.29, 1.82) is 0 Å². The minimum Gasteiger partial charge on any atom is -0.390 e. The molecule has 1 aromatic heterocycles. The number of hydrogen-bond acceptors (Lipinski definition) is 4. The Labute approximate surface area is 147 Å². The van der Waals surface area contributed by atoms with Gasteiger partial charge in [0.05, 0.1) is 6.10 Å². The minimum atomic E-state index is -0.527. The maximum Gasteiger partial charge on any atom is 0.220 e. The molecule has 3 rings (SSSR count). The Morgan fingerprint density at radius 2 is 2.12 bits per heavy atom. The second-order valence-corrected chi connectivity index (χ2v) is 7.12. The maximum absolute atomic E-state index is 11.9. The number of nitrogens with one attached hydrogen (secondary N) is 1. The Kier molecular flexibility index (Phi) is 6.01. The molecule has 0 spiro atoms. The number of aliphatic hydroxyl groups excluding tert-OH is 1. The molecule has 2 aromatic rings. The number of amides is 1. The first kappa shape index (κ1) is 17.1. The minimum absolute atomic E-state index is 0.00393. The van der Waals surface area contributed by atoms with E-state index in [0.29, 0.717) is 19.5 Å². The fourth-order valence-corrected chi connectivity index (χ4v) is 3.79. The van der Waals surface area contributed by atoms with Gasteiger partial charge in [-0.25, -0.2) is 0 Å². The third-order valence-corrected chi connectivity index (χ3v) is 5.17. The summed E-state index contributed by atoms with van der Waals surface area (Å²) in [5, 5.41) is 17.1. The van der Waals surface area contributed by atoms with Crippen LogP contribution in [0.2, 0.25) is 0 Å². The molecule has 2 heterocycles. The molecule has 128 valence electrons. The predicted octanol–water partition coefficient (Wildman–Crippen LogP) is 2.22. The number of thiophene rings is 1. The second-order valence-electron chi connectivity index (χ2n) is 6.34. The fraction of sp³-hybridized carbons (Fsp3) is 0.421. The molecule has 24 heavy (non-hydrogen) atoms. The normalized spacial score (nSPS) is 15.7. The maximum atomic E-state index is 11.9. The highest BCUT2D eigenvalue weighted by molar-refractivity contribution is 7.07. The van der Waals surface area contributed by atoms with Crippen molar-refractivity contribution in [2.24, 2.45) is 0 Å². The summed E-state index contributed by atoms with van der Waals surface area (Å²) >= 11 is 1.65. The molecule has 0 fully saturated rings. The smallest absolute Gasteiger partial charge is 0.220 e. The van der Waals surface area contributed by atoms with Crippen LogP contribution in [0.4, 0.5) is 0 Å². The summed E-state index contributed by atoms with van der Waals surface area (Å²) in [6.45, 7) is 2.75. The molecule has 1 aliphatic heterocycles. The van der Waals surface area contributed by atoms with Crippen LogP contribution in [-0.2, 0) is 24.2 Å². The molecule has 4 nitrogen and oxygen atoms in total. The topological polar surface area (TPSA) is 52.6 Å². The molecule has 0 saturated carbocycles. The van der Waals surface area contributed by atoms with E-state index in [1.54, 1.807) is 11.3 Å². The van der Waals surface area contributed by atoms with Crippen LogP contribution in [-0.4, -0.2) is 41.7 Å². The summed E-state index contributed by atoms with van der Waals surface area (Å²) in [4.78, 5) is 14.1. The largest absolute Gasteiger partial charge is 0.390 e. The number of rotatable bonds is 7. The van der Waals surface area contributed by atoms with Crippen molar-refractivity contribution in [2.75, 3.05) is 19.6 Å². The number of carbonyl (C=O) groups is 1. The summed E-state index contributed by atoms with van der Waals surface area (Å²) in [5.41, 5.74) is 3.95. The number of aryl methyl sites for hydroxylation is 1. The van der Waals surface area contributed by atoms with Crippen LogP contribution in [0.25, 0.3) is 0 Å². The van der Waals surface area contributed by atoms with Crippen molar-refractivity contribution in [2.45, 2.75) is 31.9 Å². The molecule has 1 amide bonds. The van der Waals surface area contributed by atoms with Gasteiger partial charge in [0.1, 0.15) is 0 Å². The lowest BCUT2D eigenvalue weighted by atomic mass is 10.00. The van der Waals surface area contributed by atoms with Crippen LogP contribution in [0.1, 0.15) is 23.1 Å². The van der Waals surface area contributed by atoms with E-state index in [1.807, 2.05) is 11.4 Å². The van der Waals surface area contributed by atoms with E-state index >= 15 is 0 Å². The highest BCUT2D eigenvalue weighted by Gasteiger charge is 2.18. The third kappa shape index (κ3) is 4.90. The summed E-state index contributed by atoms with van der Waals surface area (Å²) in [6, 6.07) is 10.5. The van der Waals surface area contributed by atoms with Crippen LogP contribution >= 0.6 is 11.3 Å². The standard InChI is InChI=1S/C19H24N2O2S/c22-18(11-20-19(23)6-5-15-8-10-24-14-15)13-21-9-7-16-3-1-2-4-17(16)12-21/h1-4,8,10,14,18,22H,5-7,9,11-13H2,(H,20,23)/t18-/m1/s1. The van der Waals surface area contributed by atoms with E-state index in [4.69, 9.17) is 0 Å². The molecule has 0 radical (unpaired) electrons. The van der Waals surface area contributed by atoms with Crippen molar-refractivity contribution >= 4 is 17.2 Å². The first-order valence-electron chi connectivity index (χ1n) is 8.45. The average Bonchev–Trinajstić information content (AvgIpc) is 3.11. The highest BCUT2D eigenvalue weighted by atomic mass is 32.1. The number of carbonyl (C=O) groups excluding carboxylic acids is 1. The van der Waals surface area contributed by atoms with Gasteiger partial charge in [-0.3, -0.25) is 9.69 Å². The molecule has 0 unspecified atom stereocenters. The predicted molar refractivity (Wildman–Crippen MR) is 97.1 cm³/mol. The van der Waals surface area contributed by atoms with E-state index in [0.717, 1.165) is 25.9 Å². The van der Waals surface area contributed by atoms with E-state index in [9.17, 15) is 9.90 Å². The summed E-state index contributed by atoms with van der Waals surface area (Å²) in [5.74, 6) is 0.00393. The Morgan fingerprint density at radius 3 is 2.92 bits per heavy atom. The molecule has 1 aromatic carbocycles. The molecule has 0 bridgehead atoms. The Balaban J connectivity index is 1.37.